The summed E-state index contributed by atoms with van der Waals surface area (Å²) in [4.78, 5) is 25.3. The molecule has 136 valence electrons. The van der Waals surface area contributed by atoms with Crippen molar-refractivity contribution in [2.75, 3.05) is 31.1 Å². The lowest BCUT2D eigenvalue weighted by atomic mass is 10.1. The van der Waals surface area contributed by atoms with Crippen LogP contribution in [-0.4, -0.2) is 53.2 Å². The molecule has 0 spiro atoms. The molecular weight excluding hydrogens is 330 g/mol. The minimum atomic E-state index is -0.0312. The molecule has 0 saturated carbocycles. The van der Waals surface area contributed by atoms with Crippen molar-refractivity contribution in [1.82, 2.24) is 20.2 Å². The Bertz CT molecular complexity index is 755. The molecule has 1 N–H and O–H groups in total. The van der Waals surface area contributed by atoms with E-state index in [1.165, 1.54) is 0 Å². The van der Waals surface area contributed by atoms with E-state index < -0.39 is 0 Å². The van der Waals surface area contributed by atoms with Crippen LogP contribution in [0.1, 0.15) is 18.4 Å². The number of nitrogens with zero attached hydrogens (tertiary/aromatic N) is 4. The molecule has 4 rings (SSSR count). The summed E-state index contributed by atoms with van der Waals surface area (Å²) in [6.07, 6.45) is 7.14. The molecule has 1 aromatic carbocycles. The summed E-state index contributed by atoms with van der Waals surface area (Å²) in [5.74, 6) is 1.73. The largest absolute Gasteiger partial charge is 0.491 e. The molecule has 0 aliphatic carbocycles. The number of anilines is 1. The van der Waals surface area contributed by atoms with Crippen LogP contribution in [0.4, 0.5) is 10.6 Å². The van der Waals surface area contributed by atoms with E-state index in [1.807, 2.05) is 29.2 Å². The summed E-state index contributed by atoms with van der Waals surface area (Å²) >= 11 is 0. The highest BCUT2D eigenvalue weighted by molar-refractivity contribution is 5.75. The third-order valence-corrected chi connectivity index (χ3v) is 4.86. The Morgan fingerprint density at radius 1 is 1.23 bits per heavy atom. The van der Waals surface area contributed by atoms with Crippen molar-refractivity contribution in [2.45, 2.75) is 25.4 Å². The standard InChI is InChI=1S/C19H23N5O2/c25-19(24-10-11-26-17-6-2-1-4-15(17)13-24)22-16-5-3-9-23(14-16)18-12-20-7-8-21-18/h1-2,4,6-8,12,16H,3,5,9-11,13-14H2,(H,22,25). The van der Waals surface area contributed by atoms with Gasteiger partial charge in [-0.15, -0.1) is 0 Å². The second kappa shape index (κ2) is 7.59. The Morgan fingerprint density at radius 3 is 3.04 bits per heavy atom. The smallest absolute Gasteiger partial charge is 0.318 e. The highest BCUT2D eigenvalue weighted by Crippen LogP contribution is 2.23. The van der Waals surface area contributed by atoms with Gasteiger partial charge in [0.05, 0.1) is 19.3 Å². The molecule has 0 radical (unpaired) electrons. The second-order valence-electron chi connectivity index (χ2n) is 6.68. The van der Waals surface area contributed by atoms with Crippen molar-refractivity contribution in [3.63, 3.8) is 0 Å². The number of aromatic nitrogens is 2. The monoisotopic (exact) mass is 353 g/mol. The quantitative estimate of drug-likeness (QED) is 0.895. The van der Waals surface area contributed by atoms with Crippen molar-refractivity contribution in [2.24, 2.45) is 0 Å². The number of benzene rings is 1. The lowest BCUT2D eigenvalue weighted by Gasteiger charge is -2.34. The van der Waals surface area contributed by atoms with Gasteiger partial charge in [-0.3, -0.25) is 4.98 Å². The molecule has 1 aromatic heterocycles. The molecule has 2 aliphatic rings. The number of carbonyl (C=O) groups is 1. The minimum absolute atomic E-state index is 0.0312. The average Bonchev–Trinajstić information content (AvgIpc) is 2.91. The molecule has 7 nitrogen and oxygen atoms in total. The highest BCUT2D eigenvalue weighted by Gasteiger charge is 2.25. The predicted octanol–water partition coefficient (Wildman–Crippen LogP) is 2.05. The molecular formula is C19H23N5O2. The van der Waals surface area contributed by atoms with Crippen molar-refractivity contribution in [3.05, 3.63) is 48.4 Å². The maximum absolute atomic E-state index is 12.8. The van der Waals surface area contributed by atoms with E-state index in [1.54, 1.807) is 18.6 Å². The van der Waals surface area contributed by atoms with Crippen LogP contribution in [0.5, 0.6) is 5.75 Å². The summed E-state index contributed by atoms with van der Waals surface area (Å²) in [5.41, 5.74) is 1.05. The van der Waals surface area contributed by atoms with Crippen LogP contribution < -0.4 is 15.0 Å². The zero-order valence-electron chi connectivity index (χ0n) is 14.7. The highest BCUT2D eigenvalue weighted by atomic mass is 16.5. The average molecular weight is 353 g/mol. The molecule has 2 amide bonds. The zero-order valence-corrected chi connectivity index (χ0v) is 14.7. The molecule has 7 heteroatoms. The van der Waals surface area contributed by atoms with Gasteiger partial charge >= 0.3 is 6.03 Å². The van der Waals surface area contributed by atoms with Gasteiger partial charge in [0.1, 0.15) is 18.2 Å². The zero-order chi connectivity index (χ0) is 17.8. The lowest BCUT2D eigenvalue weighted by molar-refractivity contribution is 0.182. The molecule has 3 heterocycles. The van der Waals surface area contributed by atoms with Gasteiger partial charge in [0, 0.05) is 37.1 Å². The number of fused-ring (bicyclic) bond motifs is 1. The topological polar surface area (TPSA) is 70.6 Å². The third kappa shape index (κ3) is 3.71. The summed E-state index contributed by atoms with van der Waals surface area (Å²) in [6.45, 7) is 3.37. The number of amides is 2. The SMILES string of the molecule is O=C(NC1CCCN(c2cnccn2)C1)N1CCOc2ccccc2C1. The fourth-order valence-electron chi connectivity index (χ4n) is 3.52. The van der Waals surface area contributed by atoms with Crippen molar-refractivity contribution in [1.29, 1.82) is 0 Å². The Balaban J connectivity index is 1.38. The predicted molar refractivity (Wildman–Crippen MR) is 98.1 cm³/mol. The van der Waals surface area contributed by atoms with Crippen LogP contribution in [0, 0.1) is 0 Å². The Labute approximate surface area is 153 Å². The number of piperidine rings is 1. The maximum Gasteiger partial charge on any atom is 0.318 e. The number of urea groups is 1. The minimum Gasteiger partial charge on any atom is -0.491 e. The van der Waals surface area contributed by atoms with Gasteiger partial charge in [-0.1, -0.05) is 18.2 Å². The molecule has 1 atom stereocenters. The number of hydrogen-bond donors (Lipinski definition) is 1. The van der Waals surface area contributed by atoms with E-state index in [2.05, 4.69) is 20.2 Å². The molecule has 1 saturated heterocycles. The molecule has 1 fully saturated rings. The summed E-state index contributed by atoms with van der Waals surface area (Å²) in [6, 6.07) is 7.98. The summed E-state index contributed by atoms with van der Waals surface area (Å²) in [7, 11) is 0. The molecule has 2 aliphatic heterocycles. The van der Waals surface area contributed by atoms with Crippen molar-refractivity contribution >= 4 is 11.8 Å². The van der Waals surface area contributed by atoms with Crippen LogP contribution in [-0.2, 0) is 6.54 Å². The van der Waals surface area contributed by atoms with Gasteiger partial charge in [-0.2, -0.15) is 0 Å². The van der Waals surface area contributed by atoms with E-state index in [0.29, 0.717) is 19.7 Å². The summed E-state index contributed by atoms with van der Waals surface area (Å²) < 4.78 is 5.75. The fraction of sp³-hybridized carbons (Fsp3) is 0.421. The number of rotatable bonds is 2. The Hall–Kier alpha value is -2.83. The van der Waals surface area contributed by atoms with Crippen LogP contribution in [0.3, 0.4) is 0 Å². The van der Waals surface area contributed by atoms with Gasteiger partial charge in [0.15, 0.2) is 0 Å². The number of ether oxygens (including phenoxy) is 1. The van der Waals surface area contributed by atoms with Crippen LogP contribution in [0.2, 0.25) is 0 Å². The number of carbonyl (C=O) groups excluding carboxylic acids is 1. The first-order valence-corrected chi connectivity index (χ1v) is 9.07. The van der Waals surface area contributed by atoms with E-state index >= 15 is 0 Å². The number of para-hydroxylation sites is 1. The maximum atomic E-state index is 12.8. The Morgan fingerprint density at radius 2 is 2.15 bits per heavy atom. The third-order valence-electron chi connectivity index (χ3n) is 4.86. The van der Waals surface area contributed by atoms with Gasteiger partial charge < -0.3 is 19.9 Å². The normalized spacial score (nSPS) is 19.9. The molecule has 2 aromatic rings. The molecule has 1 unspecified atom stereocenters. The number of hydrogen-bond acceptors (Lipinski definition) is 5. The second-order valence-corrected chi connectivity index (χ2v) is 6.68. The fourth-order valence-corrected chi connectivity index (χ4v) is 3.52. The van der Waals surface area contributed by atoms with Gasteiger partial charge in [0.2, 0.25) is 0 Å². The first-order valence-electron chi connectivity index (χ1n) is 9.07. The number of nitrogens with one attached hydrogen (secondary N) is 1. The molecule has 0 bridgehead atoms. The van der Waals surface area contributed by atoms with E-state index in [0.717, 1.165) is 43.1 Å². The van der Waals surface area contributed by atoms with E-state index in [-0.39, 0.29) is 12.1 Å². The Kier molecular flexibility index (Phi) is 4.86. The van der Waals surface area contributed by atoms with Crippen molar-refractivity contribution < 1.29 is 9.53 Å². The molecule has 26 heavy (non-hydrogen) atoms. The van der Waals surface area contributed by atoms with Crippen LogP contribution >= 0.6 is 0 Å². The van der Waals surface area contributed by atoms with Crippen LogP contribution in [0.25, 0.3) is 0 Å². The van der Waals surface area contributed by atoms with Gasteiger partial charge in [-0.25, -0.2) is 9.78 Å². The lowest BCUT2D eigenvalue weighted by Crippen LogP contribution is -2.52. The first kappa shape index (κ1) is 16.6. The summed E-state index contributed by atoms with van der Waals surface area (Å²) in [5, 5.41) is 3.19. The van der Waals surface area contributed by atoms with Gasteiger partial charge in [-0.05, 0) is 18.9 Å². The van der Waals surface area contributed by atoms with E-state index in [9.17, 15) is 4.79 Å². The van der Waals surface area contributed by atoms with Gasteiger partial charge in [0.25, 0.3) is 0 Å². The first-order chi connectivity index (χ1) is 12.8. The van der Waals surface area contributed by atoms with E-state index in [4.69, 9.17) is 4.74 Å². The van der Waals surface area contributed by atoms with Crippen molar-refractivity contribution in [3.8, 4) is 5.75 Å². The van der Waals surface area contributed by atoms with Crippen LogP contribution in [0.15, 0.2) is 42.9 Å².